The van der Waals surface area contributed by atoms with Crippen molar-refractivity contribution in [1.82, 2.24) is 4.31 Å². The monoisotopic (exact) mass is 420 g/mol. The summed E-state index contributed by atoms with van der Waals surface area (Å²) in [6.45, 7) is 6.32. The maximum atomic E-state index is 12.5. The van der Waals surface area contributed by atoms with Crippen molar-refractivity contribution in [2.24, 2.45) is 0 Å². The van der Waals surface area contributed by atoms with Gasteiger partial charge in [0.25, 0.3) is 5.91 Å². The molecule has 0 saturated heterocycles. The third-order valence-electron chi connectivity index (χ3n) is 4.47. The van der Waals surface area contributed by atoms with Gasteiger partial charge in [0.2, 0.25) is 10.0 Å². The van der Waals surface area contributed by atoms with Gasteiger partial charge in [0.1, 0.15) is 11.9 Å². The fourth-order valence-corrected chi connectivity index (χ4v) is 4.18. The summed E-state index contributed by atoms with van der Waals surface area (Å²) in [5.74, 6) is 0.412. The van der Waals surface area contributed by atoms with Gasteiger partial charge in [0.05, 0.1) is 18.6 Å². The molecule has 0 heterocycles. The van der Waals surface area contributed by atoms with E-state index < -0.39 is 16.1 Å². The average molecular weight is 421 g/mol. The Bertz CT molecular complexity index is 909. The fourth-order valence-electron chi connectivity index (χ4n) is 2.73. The number of amides is 1. The number of sulfonamides is 1. The van der Waals surface area contributed by atoms with Crippen LogP contribution in [0.2, 0.25) is 0 Å². The zero-order valence-corrected chi connectivity index (χ0v) is 18.0. The highest BCUT2D eigenvalue weighted by atomic mass is 32.2. The van der Waals surface area contributed by atoms with E-state index in [0.29, 0.717) is 18.8 Å². The molecule has 0 aliphatic carbocycles. The topological polar surface area (TPSA) is 84.9 Å². The lowest BCUT2D eigenvalue weighted by Gasteiger charge is -2.18. The highest BCUT2D eigenvalue weighted by Crippen LogP contribution is 2.19. The van der Waals surface area contributed by atoms with E-state index >= 15 is 0 Å². The van der Waals surface area contributed by atoms with Crippen LogP contribution in [-0.4, -0.2) is 44.9 Å². The van der Waals surface area contributed by atoms with Gasteiger partial charge in [-0.1, -0.05) is 26.0 Å². The van der Waals surface area contributed by atoms with Gasteiger partial charge in [-0.3, -0.25) is 4.79 Å². The molecule has 1 atom stereocenters. The Balaban J connectivity index is 1.96. The summed E-state index contributed by atoms with van der Waals surface area (Å²) in [7, 11) is -1.93. The molecule has 1 amide bonds. The van der Waals surface area contributed by atoms with E-state index in [1.807, 2.05) is 24.3 Å². The number of ether oxygens (including phenoxy) is 2. The number of carbonyl (C=O) groups excluding carboxylic acids is 1. The molecule has 2 rings (SSSR count). The molecule has 0 bridgehead atoms. The molecule has 0 aliphatic rings. The molecular weight excluding hydrogens is 392 g/mol. The minimum Gasteiger partial charge on any atom is -0.497 e. The van der Waals surface area contributed by atoms with E-state index in [1.54, 1.807) is 40.0 Å². The van der Waals surface area contributed by atoms with Crippen molar-refractivity contribution in [3.05, 3.63) is 54.1 Å². The van der Waals surface area contributed by atoms with Gasteiger partial charge in [-0.05, 0) is 48.9 Å². The molecule has 1 N–H and O–H groups in total. The van der Waals surface area contributed by atoms with Crippen molar-refractivity contribution in [2.75, 3.05) is 25.5 Å². The van der Waals surface area contributed by atoms with E-state index in [-0.39, 0.29) is 17.4 Å². The van der Waals surface area contributed by atoms with E-state index in [0.717, 1.165) is 11.3 Å². The zero-order chi connectivity index (χ0) is 21.4. The molecule has 158 valence electrons. The van der Waals surface area contributed by atoms with Crippen LogP contribution in [0, 0.1) is 0 Å². The average Bonchev–Trinajstić information content (AvgIpc) is 2.73. The van der Waals surface area contributed by atoms with Crippen LogP contribution >= 0.6 is 0 Å². The molecule has 0 fully saturated rings. The van der Waals surface area contributed by atoms with Gasteiger partial charge >= 0.3 is 0 Å². The summed E-state index contributed by atoms with van der Waals surface area (Å²) in [5.41, 5.74) is 1.40. The third-order valence-corrected chi connectivity index (χ3v) is 6.53. The Morgan fingerprint density at radius 3 is 2.34 bits per heavy atom. The number of carbonyl (C=O) groups is 1. The molecule has 2 aromatic carbocycles. The van der Waals surface area contributed by atoms with Crippen LogP contribution in [-0.2, 0) is 26.2 Å². The van der Waals surface area contributed by atoms with Gasteiger partial charge < -0.3 is 14.8 Å². The van der Waals surface area contributed by atoms with Crippen molar-refractivity contribution in [3.63, 3.8) is 0 Å². The van der Waals surface area contributed by atoms with Crippen molar-refractivity contribution in [3.8, 4) is 5.75 Å². The SMILES string of the molecule is CCN(CC)S(=O)(=O)c1ccc(NC(=O)C(C)OCc2cccc(OC)c2)cc1. The van der Waals surface area contributed by atoms with Gasteiger partial charge in [-0.2, -0.15) is 4.31 Å². The number of rotatable bonds is 10. The first-order valence-corrected chi connectivity index (χ1v) is 10.9. The second kappa shape index (κ2) is 10.4. The lowest BCUT2D eigenvalue weighted by atomic mass is 10.2. The predicted octanol–water partition coefficient (Wildman–Crippen LogP) is 3.27. The number of nitrogens with zero attached hydrogens (tertiary/aromatic N) is 1. The Morgan fingerprint density at radius 2 is 1.76 bits per heavy atom. The van der Waals surface area contributed by atoms with Crippen LogP contribution in [0.15, 0.2) is 53.4 Å². The number of methoxy groups -OCH3 is 1. The Kier molecular flexibility index (Phi) is 8.19. The molecule has 0 saturated carbocycles. The van der Waals surface area contributed by atoms with Crippen molar-refractivity contribution in [2.45, 2.75) is 38.4 Å². The van der Waals surface area contributed by atoms with Gasteiger partial charge in [-0.15, -0.1) is 0 Å². The highest BCUT2D eigenvalue weighted by molar-refractivity contribution is 7.89. The van der Waals surface area contributed by atoms with Crippen LogP contribution < -0.4 is 10.1 Å². The minimum absolute atomic E-state index is 0.196. The number of nitrogens with one attached hydrogen (secondary N) is 1. The normalized spacial score (nSPS) is 12.6. The van der Waals surface area contributed by atoms with Crippen molar-refractivity contribution < 1.29 is 22.7 Å². The second-order valence-electron chi connectivity index (χ2n) is 6.41. The van der Waals surface area contributed by atoms with Crippen molar-refractivity contribution >= 4 is 21.6 Å². The summed E-state index contributed by atoms with van der Waals surface area (Å²) < 4.78 is 37.2. The van der Waals surface area contributed by atoms with E-state index in [2.05, 4.69) is 5.32 Å². The van der Waals surface area contributed by atoms with E-state index in [1.165, 1.54) is 16.4 Å². The third kappa shape index (κ3) is 6.03. The van der Waals surface area contributed by atoms with Gasteiger partial charge in [0.15, 0.2) is 0 Å². The first-order chi connectivity index (χ1) is 13.8. The summed E-state index contributed by atoms with van der Waals surface area (Å²) >= 11 is 0. The predicted molar refractivity (Wildman–Crippen MR) is 112 cm³/mol. The number of benzene rings is 2. The summed E-state index contributed by atoms with van der Waals surface area (Å²) in [6, 6.07) is 13.6. The fraction of sp³-hybridized carbons (Fsp3) is 0.381. The number of anilines is 1. The molecule has 0 radical (unpaired) electrons. The lowest BCUT2D eigenvalue weighted by molar-refractivity contribution is -0.127. The molecule has 0 aliphatic heterocycles. The lowest BCUT2D eigenvalue weighted by Crippen LogP contribution is -2.30. The second-order valence-corrected chi connectivity index (χ2v) is 8.35. The number of hydrogen-bond donors (Lipinski definition) is 1. The summed E-state index contributed by atoms with van der Waals surface area (Å²) in [4.78, 5) is 12.5. The van der Waals surface area contributed by atoms with Crippen LogP contribution in [0.4, 0.5) is 5.69 Å². The molecule has 0 aromatic heterocycles. The van der Waals surface area contributed by atoms with Crippen molar-refractivity contribution in [1.29, 1.82) is 0 Å². The molecule has 29 heavy (non-hydrogen) atoms. The van der Waals surface area contributed by atoms with E-state index in [9.17, 15) is 13.2 Å². The minimum atomic E-state index is -3.52. The molecule has 7 nitrogen and oxygen atoms in total. The first kappa shape index (κ1) is 22.9. The first-order valence-electron chi connectivity index (χ1n) is 9.47. The van der Waals surface area contributed by atoms with Gasteiger partial charge in [0, 0.05) is 18.8 Å². The Labute approximate surface area is 172 Å². The smallest absolute Gasteiger partial charge is 0.253 e. The molecule has 8 heteroatoms. The maximum absolute atomic E-state index is 12.5. The Hall–Kier alpha value is -2.42. The standard InChI is InChI=1S/C21H28N2O5S/c1-5-23(6-2)29(25,26)20-12-10-18(11-13-20)22-21(24)16(3)28-15-17-8-7-9-19(14-17)27-4/h7-14,16H,5-6,15H2,1-4H3,(H,22,24). The van der Waals surface area contributed by atoms with Crippen LogP contribution in [0.3, 0.4) is 0 Å². The van der Waals surface area contributed by atoms with Gasteiger partial charge in [-0.25, -0.2) is 8.42 Å². The molecule has 1 unspecified atom stereocenters. The summed E-state index contributed by atoms with van der Waals surface area (Å²) in [5, 5.41) is 2.74. The quantitative estimate of drug-likeness (QED) is 0.638. The van der Waals surface area contributed by atoms with Crippen LogP contribution in [0.25, 0.3) is 0 Å². The Morgan fingerprint density at radius 1 is 1.10 bits per heavy atom. The maximum Gasteiger partial charge on any atom is 0.253 e. The van der Waals surface area contributed by atoms with Crippen LogP contribution in [0.5, 0.6) is 5.75 Å². The van der Waals surface area contributed by atoms with E-state index in [4.69, 9.17) is 9.47 Å². The molecule has 2 aromatic rings. The number of hydrogen-bond acceptors (Lipinski definition) is 5. The molecule has 0 spiro atoms. The highest BCUT2D eigenvalue weighted by Gasteiger charge is 2.21. The van der Waals surface area contributed by atoms with Crippen LogP contribution in [0.1, 0.15) is 26.3 Å². The molecular formula is C21H28N2O5S. The summed E-state index contributed by atoms with van der Waals surface area (Å²) in [6.07, 6.45) is -0.680. The zero-order valence-electron chi connectivity index (χ0n) is 17.2. The largest absolute Gasteiger partial charge is 0.497 e.